The molecule has 0 amide bonds. The SMILES string of the molecule is O=S(=O)(Cl)C1CSCC1O. The van der Waals surface area contributed by atoms with E-state index < -0.39 is 20.4 Å². The van der Waals surface area contributed by atoms with E-state index in [9.17, 15) is 8.42 Å². The van der Waals surface area contributed by atoms with E-state index in [0.29, 0.717) is 11.5 Å². The molecule has 1 heterocycles. The molecule has 6 heteroatoms. The van der Waals surface area contributed by atoms with Crippen molar-refractivity contribution in [1.82, 2.24) is 0 Å². The van der Waals surface area contributed by atoms with Gasteiger partial charge in [0.15, 0.2) is 0 Å². The van der Waals surface area contributed by atoms with Crippen molar-refractivity contribution in [2.75, 3.05) is 11.5 Å². The van der Waals surface area contributed by atoms with E-state index in [1.807, 2.05) is 0 Å². The van der Waals surface area contributed by atoms with Gasteiger partial charge in [-0.1, -0.05) is 0 Å². The largest absolute Gasteiger partial charge is 0.391 e. The second kappa shape index (κ2) is 2.89. The van der Waals surface area contributed by atoms with E-state index in [1.54, 1.807) is 0 Å². The molecule has 60 valence electrons. The highest BCUT2D eigenvalue weighted by molar-refractivity contribution is 8.15. The first-order valence-electron chi connectivity index (χ1n) is 2.71. The first-order chi connectivity index (χ1) is 4.52. The van der Waals surface area contributed by atoms with Gasteiger partial charge < -0.3 is 5.11 Å². The van der Waals surface area contributed by atoms with Gasteiger partial charge in [-0.15, -0.1) is 0 Å². The molecule has 1 fully saturated rings. The first kappa shape index (κ1) is 8.64. The van der Waals surface area contributed by atoms with Gasteiger partial charge in [0.25, 0.3) is 0 Å². The van der Waals surface area contributed by atoms with Gasteiger partial charge in [0.2, 0.25) is 9.05 Å². The van der Waals surface area contributed by atoms with E-state index in [1.165, 1.54) is 11.8 Å². The summed E-state index contributed by atoms with van der Waals surface area (Å²) in [7, 11) is 1.48. The first-order valence-corrected chi connectivity index (χ1v) is 6.24. The lowest BCUT2D eigenvalue weighted by Crippen LogP contribution is -2.29. The van der Waals surface area contributed by atoms with Crippen molar-refractivity contribution in [1.29, 1.82) is 0 Å². The summed E-state index contributed by atoms with van der Waals surface area (Å²) in [5.41, 5.74) is 0. The van der Waals surface area contributed by atoms with Crippen LogP contribution in [-0.4, -0.2) is 36.4 Å². The summed E-state index contributed by atoms with van der Waals surface area (Å²) in [6.45, 7) is 0. The molecule has 0 bridgehead atoms. The Labute approximate surface area is 68.2 Å². The standard InChI is InChI=1S/C4H7ClO3S2/c5-10(7,8)4-2-9-1-3(4)6/h3-4,6H,1-2H2. The normalized spacial score (nSPS) is 34.6. The van der Waals surface area contributed by atoms with Gasteiger partial charge in [-0.05, 0) is 0 Å². The summed E-state index contributed by atoms with van der Waals surface area (Å²) in [5, 5.41) is 8.28. The van der Waals surface area contributed by atoms with Crippen LogP contribution in [0, 0.1) is 0 Å². The van der Waals surface area contributed by atoms with Crippen LogP contribution < -0.4 is 0 Å². The zero-order valence-corrected chi connectivity index (χ0v) is 7.42. The summed E-state index contributed by atoms with van der Waals surface area (Å²) < 4.78 is 21.3. The molecular weight excluding hydrogens is 196 g/mol. The molecule has 1 N–H and O–H groups in total. The summed E-state index contributed by atoms with van der Waals surface area (Å²) in [6.07, 6.45) is -0.785. The lowest BCUT2D eigenvalue weighted by Gasteiger charge is -2.07. The maximum Gasteiger partial charge on any atom is 0.238 e. The number of aliphatic hydroxyl groups is 1. The van der Waals surface area contributed by atoms with E-state index >= 15 is 0 Å². The fraction of sp³-hybridized carbons (Fsp3) is 1.00. The van der Waals surface area contributed by atoms with Gasteiger partial charge in [0.05, 0.1) is 6.10 Å². The monoisotopic (exact) mass is 202 g/mol. The highest BCUT2D eigenvalue weighted by Gasteiger charge is 2.35. The molecule has 1 aliphatic heterocycles. The van der Waals surface area contributed by atoms with Crippen LogP contribution in [0.1, 0.15) is 0 Å². The molecule has 2 unspecified atom stereocenters. The van der Waals surface area contributed by atoms with Crippen LogP contribution in [0.25, 0.3) is 0 Å². The molecule has 0 saturated carbocycles. The minimum atomic E-state index is -3.55. The van der Waals surface area contributed by atoms with Crippen molar-refractivity contribution < 1.29 is 13.5 Å². The van der Waals surface area contributed by atoms with E-state index in [4.69, 9.17) is 15.8 Å². The zero-order valence-electron chi connectivity index (χ0n) is 5.03. The van der Waals surface area contributed by atoms with Crippen molar-refractivity contribution in [3.8, 4) is 0 Å². The Morgan fingerprint density at radius 2 is 2.10 bits per heavy atom. The van der Waals surface area contributed by atoms with Crippen molar-refractivity contribution >= 4 is 31.5 Å². The Morgan fingerprint density at radius 3 is 2.30 bits per heavy atom. The third-order valence-electron chi connectivity index (χ3n) is 1.36. The van der Waals surface area contributed by atoms with Gasteiger partial charge in [0.1, 0.15) is 5.25 Å². The fourth-order valence-electron chi connectivity index (χ4n) is 0.792. The van der Waals surface area contributed by atoms with Gasteiger partial charge in [0, 0.05) is 22.2 Å². The van der Waals surface area contributed by atoms with E-state index in [2.05, 4.69) is 0 Å². The number of hydrogen-bond donors (Lipinski definition) is 1. The summed E-state index contributed by atoms with van der Waals surface area (Å²) in [6, 6.07) is 0. The lowest BCUT2D eigenvalue weighted by molar-refractivity contribution is 0.205. The Morgan fingerprint density at radius 1 is 1.50 bits per heavy atom. The van der Waals surface area contributed by atoms with Crippen LogP contribution in [0.15, 0.2) is 0 Å². The predicted octanol–water partition coefficient (Wildman–Crippen LogP) is 0.0313. The number of thioether (sulfide) groups is 1. The minimum Gasteiger partial charge on any atom is -0.391 e. The number of rotatable bonds is 1. The lowest BCUT2D eigenvalue weighted by atomic mass is 10.3. The van der Waals surface area contributed by atoms with Crippen molar-refractivity contribution in [2.24, 2.45) is 0 Å². The molecule has 0 aromatic carbocycles. The third kappa shape index (κ3) is 1.78. The Bertz CT molecular complexity index is 213. The second-order valence-corrected chi connectivity index (χ2v) is 6.04. The van der Waals surface area contributed by atoms with Crippen molar-refractivity contribution in [2.45, 2.75) is 11.4 Å². The maximum atomic E-state index is 10.6. The third-order valence-corrected chi connectivity index (χ3v) is 4.64. The van der Waals surface area contributed by atoms with Gasteiger partial charge in [-0.2, -0.15) is 11.8 Å². The quantitative estimate of drug-likeness (QED) is 0.610. The number of hydrogen-bond acceptors (Lipinski definition) is 4. The topological polar surface area (TPSA) is 54.4 Å². The van der Waals surface area contributed by atoms with Gasteiger partial charge >= 0.3 is 0 Å². The number of halogens is 1. The molecular formula is C4H7ClO3S2. The Balaban J connectivity index is 2.74. The average molecular weight is 203 g/mol. The predicted molar refractivity (Wildman–Crippen MR) is 41.9 cm³/mol. The molecule has 2 atom stereocenters. The molecule has 0 radical (unpaired) electrons. The molecule has 0 spiro atoms. The summed E-state index contributed by atoms with van der Waals surface area (Å²) in [5.74, 6) is 0.879. The van der Waals surface area contributed by atoms with Crippen molar-refractivity contribution in [3.63, 3.8) is 0 Å². The Kier molecular flexibility index (Phi) is 2.50. The minimum absolute atomic E-state index is 0.410. The molecule has 10 heavy (non-hydrogen) atoms. The second-order valence-electron chi connectivity index (χ2n) is 2.12. The van der Waals surface area contributed by atoms with E-state index in [0.717, 1.165) is 0 Å². The molecule has 1 aliphatic rings. The summed E-state index contributed by atoms with van der Waals surface area (Å²) in [4.78, 5) is 0. The van der Waals surface area contributed by atoms with Gasteiger partial charge in [-0.25, -0.2) is 8.42 Å². The highest BCUT2D eigenvalue weighted by Crippen LogP contribution is 2.25. The summed E-state index contributed by atoms with van der Waals surface area (Å²) >= 11 is 1.40. The zero-order chi connectivity index (χ0) is 7.78. The molecule has 1 rings (SSSR count). The average Bonchev–Trinajstić information content (AvgIpc) is 2.11. The van der Waals surface area contributed by atoms with E-state index in [-0.39, 0.29) is 0 Å². The molecule has 1 saturated heterocycles. The highest BCUT2D eigenvalue weighted by atomic mass is 35.7. The molecule has 3 nitrogen and oxygen atoms in total. The van der Waals surface area contributed by atoms with Crippen molar-refractivity contribution in [3.05, 3.63) is 0 Å². The van der Waals surface area contributed by atoms with Crippen LogP contribution in [0.2, 0.25) is 0 Å². The molecule has 0 aromatic heterocycles. The molecule has 0 aliphatic carbocycles. The van der Waals surface area contributed by atoms with Crippen LogP contribution in [0.4, 0.5) is 0 Å². The fourth-order valence-corrected chi connectivity index (χ4v) is 4.21. The van der Waals surface area contributed by atoms with Crippen LogP contribution in [0.5, 0.6) is 0 Å². The Hall–Kier alpha value is 0.550. The van der Waals surface area contributed by atoms with Gasteiger partial charge in [-0.3, -0.25) is 0 Å². The van der Waals surface area contributed by atoms with Crippen LogP contribution in [-0.2, 0) is 9.05 Å². The smallest absolute Gasteiger partial charge is 0.238 e. The van der Waals surface area contributed by atoms with Crippen LogP contribution >= 0.6 is 22.4 Å². The molecule has 0 aromatic rings. The van der Waals surface area contributed by atoms with Crippen LogP contribution in [0.3, 0.4) is 0 Å². The maximum absolute atomic E-state index is 10.6. The number of aliphatic hydroxyl groups excluding tert-OH is 1.